The van der Waals surface area contributed by atoms with E-state index in [1.165, 1.54) is 0 Å². The number of unbranched alkanes of at least 4 members (excludes halogenated alkanes) is 1. The first-order valence-electron chi connectivity index (χ1n) is 7.83. The van der Waals surface area contributed by atoms with Gasteiger partial charge in [0.25, 0.3) is 5.56 Å². The number of nitrogens with one attached hydrogen (secondary N) is 1. The maximum Gasteiger partial charge on any atom is 0.342 e. The number of nitrogens with two attached hydrogens (primary N) is 1. The molecule has 0 spiro atoms. The van der Waals surface area contributed by atoms with Crippen molar-refractivity contribution in [2.75, 3.05) is 12.3 Å². The van der Waals surface area contributed by atoms with E-state index in [2.05, 4.69) is 0 Å². The number of aromatic nitrogens is 1. The molecule has 0 atom stereocenters. The van der Waals surface area contributed by atoms with Crippen LogP contribution in [0.1, 0.15) is 40.5 Å². The first-order valence-corrected chi connectivity index (χ1v) is 7.83. The molecule has 5 N–H and O–H groups in total. The van der Waals surface area contributed by atoms with Gasteiger partial charge in [-0.1, -0.05) is 13.3 Å². The maximum atomic E-state index is 14.3. The molecule has 0 aliphatic carbocycles. The van der Waals surface area contributed by atoms with Crippen LogP contribution >= 0.6 is 0 Å². The van der Waals surface area contributed by atoms with Crippen molar-refractivity contribution < 1.29 is 33.3 Å². The van der Waals surface area contributed by atoms with Crippen molar-refractivity contribution >= 4 is 17.8 Å². The molecule has 2 rings (SSSR count). The summed E-state index contributed by atoms with van der Waals surface area (Å²) in [6.07, 6.45) is 1.20. The molecule has 0 aliphatic rings. The molecule has 10 heteroatoms. The zero-order chi connectivity index (χ0) is 20.3. The van der Waals surface area contributed by atoms with Crippen LogP contribution in [0.3, 0.4) is 0 Å². The Morgan fingerprint density at radius 3 is 2.37 bits per heavy atom. The van der Waals surface area contributed by atoms with Crippen molar-refractivity contribution in [2.45, 2.75) is 19.8 Å². The van der Waals surface area contributed by atoms with E-state index >= 15 is 0 Å². The lowest BCUT2D eigenvalue weighted by Crippen LogP contribution is -2.24. The van der Waals surface area contributed by atoms with Crippen molar-refractivity contribution in [1.29, 1.82) is 0 Å². The van der Waals surface area contributed by atoms with Crippen LogP contribution < -0.4 is 16.0 Å². The fraction of sp³-hybridized carbons (Fsp3) is 0.235. The minimum absolute atomic E-state index is 0.00946. The zero-order valence-electron chi connectivity index (χ0n) is 14.1. The highest BCUT2D eigenvalue weighted by Crippen LogP contribution is 2.38. The number of hydrogen-bond donors (Lipinski definition) is 4. The third-order valence-electron chi connectivity index (χ3n) is 3.69. The fourth-order valence-electron chi connectivity index (χ4n) is 2.53. The number of aromatic carboxylic acids is 2. The number of halogens is 2. The molecule has 0 aliphatic heterocycles. The number of hydrogen-bond acceptors (Lipinski definition) is 5. The smallest absolute Gasteiger partial charge is 0.342 e. The van der Waals surface area contributed by atoms with Crippen LogP contribution in [-0.2, 0) is 0 Å². The summed E-state index contributed by atoms with van der Waals surface area (Å²) >= 11 is 0. The minimum Gasteiger partial charge on any atom is -0.490 e. The number of ether oxygens (including phenoxy) is 1. The number of aromatic amines is 1. The standard InChI is InChI=1S/C17H16F2N2O6/c1-2-3-4-27-13-8(5-7(18)6-9(13)19)10-11(16(23)24)14(20)21-15(22)12(10)17(25)26/h5-6H,2-4H2,1H3,(H,23,24)(H,25,26)(H3,20,21,22). The van der Waals surface area contributed by atoms with Gasteiger partial charge in [-0.15, -0.1) is 0 Å². The van der Waals surface area contributed by atoms with Gasteiger partial charge >= 0.3 is 11.9 Å². The highest BCUT2D eigenvalue weighted by atomic mass is 19.1. The number of carboxylic acid groups (broad SMARTS) is 2. The predicted molar refractivity (Wildman–Crippen MR) is 91.1 cm³/mol. The Labute approximate surface area is 151 Å². The van der Waals surface area contributed by atoms with Gasteiger partial charge in [0, 0.05) is 17.2 Å². The lowest BCUT2D eigenvalue weighted by Gasteiger charge is -2.17. The number of anilines is 1. The van der Waals surface area contributed by atoms with Crippen LogP contribution in [0, 0.1) is 11.6 Å². The normalized spacial score (nSPS) is 10.6. The number of carboxylic acids is 2. The zero-order valence-corrected chi connectivity index (χ0v) is 14.1. The first kappa shape index (κ1) is 19.9. The lowest BCUT2D eigenvalue weighted by molar-refractivity contribution is 0.0695. The first-order chi connectivity index (χ1) is 12.7. The average Bonchev–Trinajstić information content (AvgIpc) is 2.54. The van der Waals surface area contributed by atoms with Gasteiger partial charge in [-0.2, -0.15) is 0 Å². The molecule has 27 heavy (non-hydrogen) atoms. The van der Waals surface area contributed by atoms with Gasteiger partial charge in [0.1, 0.15) is 22.8 Å². The predicted octanol–water partition coefficient (Wildman–Crippen LogP) is 2.48. The van der Waals surface area contributed by atoms with Gasteiger partial charge in [-0.05, 0) is 12.5 Å². The number of benzene rings is 1. The second kappa shape index (κ2) is 7.85. The monoisotopic (exact) mass is 382 g/mol. The van der Waals surface area contributed by atoms with Crippen LogP contribution in [0.5, 0.6) is 5.75 Å². The molecule has 144 valence electrons. The minimum atomic E-state index is -1.79. The van der Waals surface area contributed by atoms with Crippen LogP contribution in [0.25, 0.3) is 11.1 Å². The lowest BCUT2D eigenvalue weighted by atomic mass is 9.94. The van der Waals surface area contributed by atoms with Gasteiger partial charge in [-0.3, -0.25) is 4.79 Å². The molecule has 1 aromatic carbocycles. The highest BCUT2D eigenvalue weighted by molar-refractivity contribution is 6.08. The highest BCUT2D eigenvalue weighted by Gasteiger charge is 2.30. The van der Waals surface area contributed by atoms with Crippen molar-refractivity contribution in [1.82, 2.24) is 4.98 Å². The molecule has 0 saturated carbocycles. The van der Waals surface area contributed by atoms with Gasteiger partial charge in [-0.25, -0.2) is 18.4 Å². The third kappa shape index (κ3) is 3.89. The van der Waals surface area contributed by atoms with E-state index in [-0.39, 0.29) is 6.61 Å². The summed E-state index contributed by atoms with van der Waals surface area (Å²) in [5.74, 6) is -7.00. The number of pyridine rings is 1. The summed E-state index contributed by atoms with van der Waals surface area (Å²) in [5.41, 5.74) is 1.21. The van der Waals surface area contributed by atoms with Gasteiger partial charge in [0.2, 0.25) is 0 Å². The van der Waals surface area contributed by atoms with E-state index in [4.69, 9.17) is 10.5 Å². The molecule has 1 aromatic heterocycles. The molecule has 0 radical (unpaired) electrons. The SMILES string of the molecule is CCCCOc1c(F)cc(F)cc1-c1c(C(=O)O)c(N)[nH]c(=O)c1C(=O)O. The summed E-state index contributed by atoms with van der Waals surface area (Å²) in [6, 6.07) is 1.19. The third-order valence-corrected chi connectivity index (χ3v) is 3.69. The van der Waals surface area contributed by atoms with Gasteiger partial charge in [0.05, 0.1) is 6.61 Å². The summed E-state index contributed by atoms with van der Waals surface area (Å²) in [4.78, 5) is 37.1. The number of rotatable bonds is 7. The number of carbonyl (C=O) groups is 2. The van der Waals surface area contributed by atoms with Gasteiger partial charge in [0.15, 0.2) is 11.6 Å². The average molecular weight is 382 g/mol. The second-order valence-electron chi connectivity index (χ2n) is 5.57. The Kier molecular flexibility index (Phi) is 5.78. The molecular formula is C17H16F2N2O6. The van der Waals surface area contributed by atoms with E-state index < -0.39 is 63.0 Å². The molecular weight excluding hydrogens is 366 g/mol. The largest absolute Gasteiger partial charge is 0.490 e. The topological polar surface area (TPSA) is 143 Å². The van der Waals surface area contributed by atoms with E-state index in [0.29, 0.717) is 25.0 Å². The second-order valence-corrected chi connectivity index (χ2v) is 5.57. The molecule has 0 saturated heterocycles. The van der Waals surface area contributed by atoms with Crippen LogP contribution in [0.4, 0.5) is 14.6 Å². The quantitative estimate of drug-likeness (QED) is 0.539. The fourth-order valence-corrected chi connectivity index (χ4v) is 2.53. The van der Waals surface area contributed by atoms with E-state index in [1.807, 2.05) is 11.9 Å². The summed E-state index contributed by atoms with van der Waals surface area (Å²) in [5, 5.41) is 18.8. The van der Waals surface area contributed by atoms with Crippen LogP contribution in [-0.4, -0.2) is 33.7 Å². The maximum absolute atomic E-state index is 14.3. The number of H-pyrrole nitrogens is 1. The van der Waals surface area contributed by atoms with Crippen LogP contribution in [0.15, 0.2) is 16.9 Å². The van der Waals surface area contributed by atoms with E-state index in [1.54, 1.807) is 0 Å². The van der Waals surface area contributed by atoms with Gasteiger partial charge < -0.3 is 25.7 Å². The summed E-state index contributed by atoms with van der Waals surface area (Å²) in [7, 11) is 0. The molecule has 0 unspecified atom stereocenters. The van der Waals surface area contributed by atoms with Crippen molar-refractivity contribution in [3.05, 3.63) is 45.2 Å². The van der Waals surface area contributed by atoms with E-state index in [9.17, 15) is 33.4 Å². The van der Waals surface area contributed by atoms with Crippen molar-refractivity contribution in [3.8, 4) is 16.9 Å². The molecule has 0 fully saturated rings. The summed E-state index contributed by atoms with van der Waals surface area (Å²) in [6.45, 7) is 1.85. The Hall–Kier alpha value is -3.43. The molecule has 0 amide bonds. The number of nitrogen functional groups attached to an aromatic ring is 1. The molecule has 8 nitrogen and oxygen atoms in total. The molecule has 2 aromatic rings. The van der Waals surface area contributed by atoms with Crippen molar-refractivity contribution in [2.24, 2.45) is 0 Å². The summed E-state index contributed by atoms with van der Waals surface area (Å²) < 4.78 is 33.4. The Morgan fingerprint density at radius 2 is 1.81 bits per heavy atom. The Balaban J connectivity index is 2.94. The van der Waals surface area contributed by atoms with Crippen LogP contribution in [0.2, 0.25) is 0 Å². The van der Waals surface area contributed by atoms with E-state index in [0.717, 1.165) is 0 Å². The Bertz CT molecular complexity index is 971. The molecule has 0 bridgehead atoms. The molecule has 1 heterocycles. The Morgan fingerprint density at radius 1 is 1.19 bits per heavy atom. The van der Waals surface area contributed by atoms with Crippen molar-refractivity contribution in [3.63, 3.8) is 0 Å².